The van der Waals surface area contributed by atoms with Crippen molar-refractivity contribution in [2.75, 3.05) is 6.26 Å². The largest absolute Gasteiger partial charge is 0.253 e. The summed E-state index contributed by atoms with van der Waals surface area (Å²) in [6, 6.07) is 5.06. The smallest absolute Gasteiger partial charge is 0.130 e. The van der Waals surface area contributed by atoms with E-state index in [4.69, 9.17) is 11.6 Å². The lowest BCUT2D eigenvalue weighted by Gasteiger charge is -1.93. The molecular formula is C6H6ClNOS. The van der Waals surface area contributed by atoms with E-state index in [0.717, 1.165) is 0 Å². The molecule has 2 nitrogen and oxygen atoms in total. The van der Waals surface area contributed by atoms with Gasteiger partial charge in [-0.3, -0.25) is 4.21 Å². The SMILES string of the molecule is CS(=O)c1cccc(Cl)n1. The third kappa shape index (κ3) is 1.78. The molecule has 0 aliphatic rings. The second-order valence-corrected chi connectivity index (χ2v) is 3.47. The van der Waals surface area contributed by atoms with Crippen LogP contribution in [0.15, 0.2) is 23.2 Å². The fourth-order valence-electron chi connectivity index (χ4n) is 0.550. The number of halogens is 1. The molecule has 1 atom stereocenters. The lowest BCUT2D eigenvalue weighted by Crippen LogP contribution is -1.90. The first kappa shape index (κ1) is 7.69. The third-order valence-corrected chi connectivity index (χ3v) is 2.01. The predicted octanol–water partition coefficient (Wildman–Crippen LogP) is 1.47. The van der Waals surface area contributed by atoms with Crippen LogP contribution in [0.4, 0.5) is 0 Å². The van der Waals surface area contributed by atoms with Crippen LogP contribution in [0.1, 0.15) is 0 Å². The highest BCUT2D eigenvalue weighted by atomic mass is 35.5. The maximum atomic E-state index is 10.8. The van der Waals surface area contributed by atoms with Crippen molar-refractivity contribution in [3.05, 3.63) is 23.4 Å². The van der Waals surface area contributed by atoms with Gasteiger partial charge in [-0.05, 0) is 12.1 Å². The second kappa shape index (κ2) is 3.12. The number of hydrogen-bond acceptors (Lipinski definition) is 2. The lowest BCUT2D eigenvalue weighted by atomic mass is 10.5. The van der Waals surface area contributed by atoms with Crippen LogP contribution in [0.3, 0.4) is 0 Å². The van der Waals surface area contributed by atoms with E-state index in [9.17, 15) is 4.21 Å². The summed E-state index contributed by atoms with van der Waals surface area (Å²) in [6.45, 7) is 0. The van der Waals surface area contributed by atoms with Crippen molar-refractivity contribution in [3.8, 4) is 0 Å². The van der Waals surface area contributed by atoms with Gasteiger partial charge in [0, 0.05) is 6.26 Å². The molecule has 0 radical (unpaired) electrons. The lowest BCUT2D eigenvalue weighted by molar-refractivity contribution is 0.684. The molecule has 0 N–H and O–H groups in total. The van der Waals surface area contributed by atoms with Gasteiger partial charge in [0.2, 0.25) is 0 Å². The Morgan fingerprint density at radius 3 is 2.70 bits per heavy atom. The Bertz CT molecular complexity index is 264. The summed E-state index contributed by atoms with van der Waals surface area (Å²) in [5.74, 6) is 0. The number of aromatic nitrogens is 1. The molecule has 54 valence electrons. The summed E-state index contributed by atoms with van der Waals surface area (Å²) in [6.07, 6.45) is 1.57. The van der Waals surface area contributed by atoms with Crippen molar-refractivity contribution in [2.24, 2.45) is 0 Å². The Morgan fingerprint density at radius 1 is 1.60 bits per heavy atom. The topological polar surface area (TPSA) is 30.0 Å². The van der Waals surface area contributed by atoms with E-state index in [2.05, 4.69) is 4.98 Å². The van der Waals surface area contributed by atoms with Crippen LogP contribution in [0.2, 0.25) is 5.15 Å². The Morgan fingerprint density at radius 2 is 2.30 bits per heavy atom. The molecule has 1 heterocycles. The maximum Gasteiger partial charge on any atom is 0.130 e. The van der Waals surface area contributed by atoms with Crippen LogP contribution >= 0.6 is 11.6 Å². The minimum atomic E-state index is -1.03. The van der Waals surface area contributed by atoms with E-state index in [0.29, 0.717) is 10.2 Å². The number of hydrogen-bond donors (Lipinski definition) is 0. The van der Waals surface area contributed by atoms with Crippen LogP contribution < -0.4 is 0 Å². The summed E-state index contributed by atoms with van der Waals surface area (Å²) in [4.78, 5) is 3.84. The minimum absolute atomic E-state index is 0.382. The zero-order valence-electron chi connectivity index (χ0n) is 5.37. The molecule has 0 aromatic carbocycles. The molecule has 0 bridgehead atoms. The molecule has 0 aliphatic carbocycles. The Balaban J connectivity index is 3.07. The van der Waals surface area contributed by atoms with E-state index in [1.165, 1.54) is 0 Å². The third-order valence-electron chi connectivity index (χ3n) is 0.984. The zero-order valence-corrected chi connectivity index (χ0v) is 6.95. The number of pyridine rings is 1. The van der Waals surface area contributed by atoms with Gasteiger partial charge in [0.15, 0.2) is 0 Å². The molecule has 0 saturated carbocycles. The minimum Gasteiger partial charge on any atom is -0.253 e. The molecular weight excluding hydrogens is 170 g/mol. The van der Waals surface area contributed by atoms with Gasteiger partial charge in [0.25, 0.3) is 0 Å². The highest BCUT2D eigenvalue weighted by Gasteiger charge is 1.97. The zero-order chi connectivity index (χ0) is 7.56. The Labute approximate surface area is 66.7 Å². The van der Waals surface area contributed by atoms with Gasteiger partial charge in [-0.1, -0.05) is 17.7 Å². The van der Waals surface area contributed by atoms with Crippen molar-refractivity contribution in [3.63, 3.8) is 0 Å². The van der Waals surface area contributed by atoms with E-state index in [1.807, 2.05) is 0 Å². The first-order valence-electron chi connectivity index (χ1n) is 2.66. The van der Waals surface area contributed by atoms with Crippen LogP contribution in [-0.4, -0.2) is 15.4 Å². The van der Waals surface area contributed by atoms with E-state index >= 15 is 0 Å². The second-order valence-electron chi connectivity index (χ2n) is 1.75. The van der Waals surface area contributed by atoms with Gasteiger partial charge < -0.3 is 0 Å². The van der Waals surface area contributed by atoms with Gasteiger partial charge in [0.05, 0.1) is 10.8 Å². The maximum absolute atomic E-state index is 10.8. The quantitative estimate of drug-likeness (QED) is 0.606. The van der Waals surface area contributed by atoms with Crippen LogP contribution in [0.5, 0.6) is 0 Å². The molecule has 0 fully saturated rings. The van der Waals surface area contributed by atoms with Crippen molar-refractivity contribution in [1.82, 2.24) is 4.98 Å². The van der Waals surface area contributed by atoms with Crippen molar-refractivity contribution in [2.45, 2.75) is 5.03 Å². The Kier molecular flexibility index (Phi) is 2.40. The summed E-state index contributed by atoms with van der Waals surface area (Å²) in [7, 11) is -1.03. The number of nitrogens with zero attached hydrogens (tertiary/aromatic N) is 1. The highest BCUT2D eigenvalue weighted by molar-refractivity contribution is 7.84. The van der Waals surface area contributed by atoms with E-state index < -0.39 is 10.8 Å². The van der Waals surface area contributed by atoms with Gasteiger partial charge in [-0.25, -0.2) is 4.98 Å². The monoisotopic (exact) mass is 175 g/mol. The van der Waals surface area contributed by atoms with Crippen molar-refractivity contribution in [1.29, 1.82) is 0 Å². The summed E-state index contributed by atoms with van der Waals surface area (Å²) in [5, 5.41) is 0.903. The predicted molar refractivity (Wildman–Crippen MR) is 41.6 cm³/mol. The summed E-state index contributed by atoms with van der Waals surface area (Å²) < 4.78 is 10.8. The van der Waals surface area contributed by atoms with Crippen molar-refractivity contribution < 1.29 is 4.21 Å². The van der Waals surface area contributed by atoms with Crippen LogP contribution in [0.25, 0.3) is 0 Å². The summed E-state index contributed by atoms with van der Waals surface area (Å²) >= 11 is 5.54. The molecule has 1 aromatic heterocycles. The Hall–Kier alpha value is -0.410. The molecule has 1 unspecified atom stereocenters. The summed E-state index contributed by atoms with van der Waals surface area (Å²) in [5.41, 5.74) is 0. The average Bonchev–Trinajstić information content (AvgIpc) is 1.88. The van der Waals surface area contributed by atoms with E-state index in [-0.39, 0.29) is 0 Å². The fourth-order valence-corrected chi connectivity index (χ4v) is 1.26. The molecule has 1 aromatic rings. The van der Waals surface area contributed by atoms with Gasteiger partial charge in [0.1, 0.15) is 10.2 Å². The van der Waals surface area contributed by atoms with Gasteiger partial charge >= 0.3 is 0 Å². The molecule has 0 spiro atoms. The molecule has 4 heteroatoms. The average molecular weight is 176 g/mol. The van der Waals surface area contributed by atoms with E-state index in [1.54, 1.807) is 24.5 Å². The number of rotatable bonds is 1. The first-order valence-corrected chi connectivity index (χ1v) is 4.60. The molecule has 10 heavy (non-hydrogen) atoms. The molecule has 1 rings (SSSR count). The molecule has 0 amide bonds. The highest BCUT2D eigenvalue weighted by Crippen LogP contribution is 2.06. The van der Waals surface area contributed by atoms with Gasteiger partial charge in [-0.15, -0.1) is 0 Å². The molecule has 0 aliphatic heterocycles. The molecule has 0 saturated heterocycles. The fraction of sp³-hybridized carbons (Fsp3) is 0.167. The normalized spacial score (nSPS) is 13.0. The first-order chi connectivity index (χ1) is 4.70. The van der Waals surface area contributed by atoms with Crippen LogP contribution in [0, 0.1) is 0 Å². The van der Waals surface area contributed by atoms with Crippen LogP contribution in [-0.2, 0) is 10.8 Å². The standard InChI is InChI=1S/C6H6ClNOS/c1-10(9)6-4-2-3-5(7)8-6/h2-4H,1H3. The van der Waals surface area contributed by atoms with Crippen molar-refractivity contribution >= 4 is 22.4 Å². The van der Waals surface area contributed by atoms with Gasteiger partial charge in [-0.2, -0.15) is 0 Å².